The molecule has 34 heavy (non-hydrogen) atoms. The summed E-state index contributed by atoms with van der Waals surface area (Å²) in [5.41, 5.74) is 5.20. The van der Waals surface area contributed by atoms with Gasteiger partial charge in [-0.3, -0.25) is 14.5 Å². The molecule has 1 fully saturated rings. The Kier molecular flexibility index (Phi) is 4.96. The Labute approximate surface area is 197 Å². The van der Waals surface area contributed by atoms with Crippen LogP contribution in [0.25, 0.3) is 10.9 Å². The van der Waals surface area contributed by atoms with Gasteiger partial charge in [-0.15, -0.1) is 0 Å². The highest BCUT2D eigenvalue weighted by atomic mass is 16.5. The maximum Gasteiger partial charge on any atom is 0.251 e. The first-order valence-corrected chi connectivity index (χ1v) is 11.5. The average molecular weight is 452 g/mol. The van der Waals surface area contributed by atoms with Crippen molar-refractivity contribution < 1.29 is 14.3 Å². The number of aromatic amines is 1. The predicted molar refractivity (Wildman–Crippen MR) is 131 cm³/mol. The highest BCUT2D eigenvalue weighted by molar-refractivity contribution is 6.23. The Morgan fingerprint density at radius 2 is 1.65 bits per heavy atom. The van der Waals surface area contributed by atoms with E-state index >= 15 is 0 Å². The number of fused-ring (bicyclic) bond motifs is 3. The fraction of sp³-hybridized carbons (Fsp3) is 0.214. The van der Waals surface area contributed by atoms with Crippen molar-refractivity contribution in [1.82, 2.24) is 9.88 Å². The number of amides is 2. The minimum atomic E-state index is -0.511. The van der Waals surface area contributed by atoms with Gasteiger partial charge in [0.05, 0.1) is 25.3 Å². The third-order valence-corrected chi connectivity index (χ3v) is 7.05. The molecule has 1 saturated heterocycles. The predicted octanol–water partition coefficient (Wildman–Crippen LogP) is 4.46. The van der Waals surface area contributed by atoms with Crippen LogP contribution in [0.5, 0.6) is 5.75 Å². The number of carbonyl (C=O) groups is 2. The monoisotopic (exact) mass is 451 g/mol. The van der Waals surface area contributed by atoms with Crippen LogP contribution >= 0.6 is 0 Å². The summed E-state index contributed by atoms with van der Waals surface area (Å²) < 4.78 is 5.43. The van der Waals surface area contributed by atoms with E-state index in [2.05, 4.69) is 52.3 Å². The number of nitrogens with one attached hydrogen (secondary N) is 1. The lowest BCUT2D eigenvalue weighted by atomic mass is 9.85. The molecule has 4 aromatic rings. The van der Waals surface area contributed by atoms with E-state index < -0.39 is 6.04 Å². The molecule has 6 rings (SSSR count). The first-order chi connectivity index (χ1) is 16.7. The van der Waals surface area contributed by atoms with Crippen LogP contribution in [0.2, 0.25) is 0 Å². The summed E-state index contributed by atoms with van der Waals surface area (Å²) in [6.45, 7) is 1.26. The van der Waals surface area contributed by atoms with E-state index in [1.165, 1.54) is 21.4 Å². The maximum absolute atomic E-state index is 13.6. The number of rotatable bonds is 4. The molecule has 0 saturated carbocycles. The Bertz CT molecular complexity index is 1390. The Morgan fingerprint density at radius 3 is 2.47 bits per heavy atom. The van der Waals surface area contributed by atoms with E-state index in [1.54, 1.807) is 19.2 Å². The standard InChI is InChI=1S/C28H25N3O3/c1-34-25-14-8-7-13-23(25)31-26(32)15-24(28(31)33)30-16-20(18-9-3-2-4-10-18)27-19-11-5-6-12-21(19)29-22(27)17-30/h2-14,20,24,29H,15-17H2,1H3/t20-,24-/m1/s1. The first-order valence-electron chi connectivity index (χ1n) is 11.5. The van der Waals surface area contributed by atoms with Crippen molar-refractivity contribution in [2.75, 3.05) is 18.6 Å². The maximum atomic E-state index is 13.6. The summed E-state index contributed by atoms with van der Waals surface area (Å²) in [7, 11) is 1.55. The highest BCUT2D eigenvalue weighted by Crippen LogP contribution is 2.41. The molecule has 2 aliphatic rings. The zero-order valence-corrected chi connectivity index (χ0v) is 18.9. The van der Waals surface area contributed by atoms with E-state index in [0.717, 1.165) is 11.2 Å². The molecule has 2 amide bonds. The number of imide groups is 1. The summed E-state index contributed by atoms with van der Waals surface area (Å²) in [5.74, 6) is 0.229. The molecule has 2 aliphatic heterocycles. The number of hydrogen-bond donors (Lipinski definition) is 1. The molecule has 170 valence electrons. The normalized spacial score (nSPS) is 20.7. The van der Waals surface area contributed by atoms with Gasteiger partial charge < -0.3 is 9.72 Å². The number of aromatic nitrogens is 1. The van der Waals surface area contributed by atoms with Gasteiger partial charge in [-0.05, 0) is 29.3 Å². The van der Waals surface area contributed by atoms with Gasteiger partial charge in [0.25, 0.3) is 5.91 Å². The van der Waals surface area contributed by atoms with E-state index in [-0.39, 0.29) is 24.2 Å². The van der Waals surface area contributed by atoms with E-state index in [4.69, 9.17) is 4.74 Å². The highest BCUT2D eigenvalue weighted by Gasteiger charge is 2.46. The fourth-order valence-corrected chi connectivity index (χ4v) is 5.50. The number of methoxy groups -OCH3 is 1. The SMILES string of the molecule is COc1ccccc1N1C(=O)C[C@@H](N2Cc3[nH]c4ccccc4c3[C@@H](c3ccccc3)C2)C1=O. The topological polar surface area (TPSA) is 65.6 Å². The Balaban J connectivity index is 1.39. The van der Waals surface area contributed by atoms with E-state index in [1.807, 2.05) is 24.3 Å². The van der Waals surface area contributed by atoms with Crippen LogP contribution in [0.3, 0.4) is 0 Å². The number of hydrogen-bond acceptors (Lipinski definition) is 4. The fourth-order valence-electron chi connectivity index (χ4n) is 5.50. The van der Waals surface area contributed by atoms with Gasteiger partial charge >= 0.3 is 0 Å². The smallest absolute Gasteiger partial charge is 0.251 e. The van der Waals surface area contributed by atoms with Crippen LogP contribution in [0, 0.1) is 0 Å². The molecular formula is C28H25N3O3. The molecule has 3 heterocycles. The summed E-state index contributed by atoms with van der Waals surface area (Å²) in [6.07, 6.45) is 0.161. The number of carbonyl (C=O) groups excluding carboxylic acids is 2. The van der Waals surface area contributed by atoms with Crippen LogP contribution in [0.1, 0.15) is 29.2 Å². The molecule has 6 nitrogen and oxygen atoms in total. The van der Waals surface area contributed by atoms with Gasteiger partial charge in [0.15, 0.2) is 0 Å². The van der Waals surface area contributed by atoms with Crippen molar-refractivity contribution in [1.29, 1.82) is 0 Å². The van der Waals surface area contributed by atoms with Crippen LogP contribution in [-0.4, -0.2) is 41.4 Å². The van der Waals surface area contributed by atoms with Gasteiger partial charge in [-0.1, -0.05) is 60.7 Å². The van der Waals surface area contributed by atoms with Crippen molar-refractivity contribution >= 4 is 28.4 Å². The quantitative estimate of drug-likeness (QED) is 0.466. The second kappa shape index (κ2) is 8.15. The molecule has 6 heteroatoms. The van der Waals surface area contributed by atoms with Crippen molar-refractivity contribution in [3.63, 3.8) is 0 Å². The molecular weight excluding hydrogens is 426 g/mol. The number of H-pyrrole nitrogens is 1. The molecule has 0 aliphatic carbocycles. The average Bonchev–Trinajstić information content (AvgIpc) is 3.40. The van der Waals surface area contributed by atoms with Gasteiger partial charge in [0.1, 0.15) is 5.75 Å². The molecule has 2 atom stereocenters. The van der Waals surface area contributed by atoms with Crippen molar-refractivity contribution in [3.8, 4) is 5.75 Å². The van der Waals surface area contributed by atoms with Crippen molar-refractivity contribution in [2.45, 2.75) is 24.9 Å². The lowest BCUT2D eigenvalue weighted by molar-refractivity contribution is -0.123. The van der Waals surface area contributed by atoms with Crippen LogP contribution in [0.15, 0.2) is 78.9 Å². The molecule has 1 aromatic heterocycles. The third-order valence-electron chi connectivity index (χ3n) is 7.05. The minimum Gasteiger partial charge on any atom is -0.495 e. The number of ether oxygens (including phenoxy) is 1. The number of anilines is 1. The van der Waals surface area contributed by atoms with Gasteiger partial charge in [0, 0.05) is 35.6 Å². The molecule has 0 bridgehead atoms. The zero-order valence-electron chi connectivity index (χ0n) is 18.9. The van der Waals surface area contributed by atoms with E-state index in [9.17, 15) is 9.59 Å². The van der Waals surface area contributed by atoms with Crippen LogP contribution in [0.4, 0.5) is 5.69 Å². The summed E-state index contributed by atoms with van der Waals surface area (Å²) in [5, 5.41) is 1.22. The molecule has 1 N–H and O–H groups in total. The minimum absolute atomic E-state index is 0.101. The third kappa shape index (κ3) is 3.22. The zero-order chi connectivity index (χ0) is 23.2. The molecule has 0 unspecified atom stereocenters. The Morgan fingerprint density at radius 1 is 0.912 bits per heavy atom. The lowest BCUT2D eigenvalue weighted by Crippen LogP contribution is -2.45. The van der Waals surface area contributed by atoms with Crippen LogP contribution in [-0.2, 0) is 16.1 Å². The van der Waals surface area contributed by atoms with E-state index in [0.29, 0.717) is 24.5 Å². The number of para-hydroxylation sites is 3. The summed E-state index contributed by atoms with van der Waals surface area (Å²) in [6, 6.07) is 25.4. The molecule has 0 radical (unpaired) electrons. The molecule has 0 spiro atoms. The largest absolute Gasteiger partial charge is 0.495 e. The second-order valence-electron chi connectivity index (χ2n) is 8.91. The van der Waals surface area contributed by atoms with Gasteiger partial charge in [-0.25, -0.2) is 4.90 Å². The number of benzene rings is 3. The Hall–Kier alpha value is -3.90. The lowest BCUT2D eigenvalue weighted by Gasteiger charge is -2.36. The number of nitrogens with zero attached hydrogens (tertiary/aromatic N) is 2. The van der Waals surface area contributed by atoms with Crippen molar-refractivity contribution in [3.05, 3.63) is 95.7 Å². The summed E-state index contributed by atoms with van der Waals surface area (Å²) in [4.78, 5) is 33.7. The summed E-state index contributed by atoms with van der Waals surface area (Å²) >= 11 is 0. The molecule has 3 aromatic carbocycles. The van der Waals surface area contributed by atoms with Gasteiger partial charge in [-0.2, -0.15) is 0 Å². The first kappa shape index (κ1) is 20.7. The second-order valence-corrected chi connectivity index (χ2v) is 8.91. The van der Waals surface area contributed by atoms with Crippen LogP contribution < -0.4 is 9.64 Å². The van der Waals surface area contributed by atoms with Gasteiger partial charge in [0.2, 0.25) is 5.91 Å². The van der Waals surface area contributed by atoms with Crippen molar-refractivity contribution in [2.24, 2.45) is 0 Å².